The van der Waals surface area contributed by atoms with Gasteiger partial charge in [0.2, 0.25) is 0 Å². The van der Waals surface area contributed by atoms with E-state index in [9.17, 15) is 0 Å². The van der Waals surface area contributed by atoms with Gasteiger partial charge >= 0.3 is 0 Å². The van der Waals surface area contributed by atoms with Crippen molar-refractivity contribution in [3.63, 3.8) is 0 Å². The Kier molecular flexibility index (Phi) is 7.33. The predicted molar refractivity (Wildman–Crippen MR) is 204 cm³/mol. The summed E-state index contributed by atoms with van der Waals surface area (Å²) in [5, 5.41) is 2.16. The van der Waals surface area contributed by atoms with E-state index in [-0.39, 0.29) is 0 Å². The van der Waals surface area contributed by atoms with E-state index in [0.29, 0.717) is 17.5 Å². The Balaban J connectivity index is 1.13. The van der Waals surface area contributed by atoms with Gasteiger partial charge in [-0.3, -0.25) is 0 Å². The monoisotopic (exact) mass is 641 g/mol. The molecule has 0 saturated heterocycles. The highest BCUT2D eigenvalue weighted by molar-refractivity contribution is 6.13. The first-order chi connectivity index (χ1) is 24.7. The van der Waals surface area contributed by atoms with Gasteiger partial charge in [-0.05, 0) is 64.6 Å². The van der Waals surface area contributed by atoms with Gasteiger partial charge < -0.3 is 4.42 Å². The van der Waals surface area contributed by atoms with Crippen LogP contribution in [-0.4, -0.2) is 15.0 Å². The summed E-state index contributed by atoms with van der Waals surface area (Å²) in [5.74, 6) is 1.82. The lowest BCUT2D eigenvalue weighted by Crippen LogP contribution is -2.00. The van der Waals surface area contributed by atoms with E-state index in [1.807, 2.05) is 54.6 Å². The third kappa shape index (κ3) is 5.53. The number of aromatic nitrogens is 3. The summed E-state index contributed by atoms with van der Waals surface area (Å²) in [7, 11) is 0. The van der Waals surface area contributed by atoms with Crippen molar-refractivity contribution < 1.29 is 4.42 Å². The molecule has 4 heteroatoms. The van der Waals surface area contributed by atoms with Gasteiger partial charge in [0.05, 0.1) is 0 Å². The molecule has 0 bridgehead atoms. The van der Waals surface area contributed by atoms with Gasteiger partial charge in [-0.1, -0.05) is 151 Å². The number of furan rings is 1. The molecule has 0 aliphatic heterocycles. The molecule has 0 N–H and O–H groups in total. The quantitative estimate of drug-likeness (QED) is 0.181. The lowest BCUT2D eigenvalue weighted by Gasteiger charge is -2.10. The molecule has 0 aliphatic carbocycles. The van der Waals surface area contributed by atoms with Crippen LogP contribution in [-0.2, 0) is 0 Å². The summed E-state index contributed by atoms with van der Waals surface area (Å²) in [6, 6.07) is 58.7. The molecule has 2 aromatic heterocycles. The summed E-state index contributed by atoms with van der Waals surface area (Å²) in [4.78, 5) is 15.0. The minimum atomic E-state index is 0.590. The Bertz CT molecular complexity index is 2640. The summed E-state index contributed by atoms with van der Waals surface area (Å²) in [6.07, 6.45) is 0. The second-order valence-electron chi connectivity index (χ2n) is 12.6. The number of fused-ring (bicyclic) bond motifs is 3. The van der Waals surface area contributed by atoms with Gasteiger partial charge in [0, 0.05) is 27.5 Å². The number of aryl methyl sites for hydroxylation is 1. The predicted octanol–water partition coefficient (Wildman–Crippen LogP) is 12.1. The van der Waals surface area contributed by atoms with Crippen molar-refractivity contribution in [2.24, 2.45) is 0 Å². The molecule has 7 aromatic carbocycles. The van der Waals surface area contributed by atoms with Gasteiger partial charge in [-0.15, -0.1) is 0 Å². The zero-order valence-corrected chi connectivity index (χ0v) is 27.4. The van der Waals surface area contributed by atoms with Crippen LogP contribution in [0.3, 0.4) is 0 Å². The third-order valence-electron chi connectivity index (χ3n) is 9.20. The van der Waals surface area contributed by atoms with E-state index < -0.39 is 0 Å². The Morgan fingerprint density at radius 3 is 1.56 bits per heavy atom. The molecule has 9 rings (SSSR count). The minimum Gasteiger partial charge on any atom is -0.456 e. The molecule has 0 aliphatic rings. The second kappa shape index (κ2) is 12.4. The normalized spacial score (nSPS) is 11.3. The van der Waals surface area contributed by atoms with Crippen molar-refractivity contribution in [2.75, 3.05) is 0 Å². The maximum atomic E-state index is 6.44. The second-order valence-corrected chi connectivity index (χ2v) is 12.6. The van der Waals surface area contributed by atoms with E-state index in [4.69, 9.17) is 19.4 Å². The van der Waals surface area contributed by atoms with Crippen LogP contribution >= 0.6 is 0 Å². The molecule has 0 spiro atoms. The Morgan fingerprint density at radius 2 is 0.880 bits per heavy atom. The van der Waals surface area contributed by atoms with E-state index in [1.165, 1.54) is 16.7 Å². The Morgan fingerprint density at radius 1 is 0.360 bits per heavy atom. The topological polar surface area (TPSA) is 51.8 Å². The first-order valence-electron chi connectivity index (χ1n) is 16.8. The molecule has 4 nitrogen and oxygen atoms in total. The summed E-state index contributed by atoms with van der Waals surface area (Å²) < 4.78 is 6.44. The first kappa shape index (κ1) is 29.5. The number of benzene rings is 7. The van der Waals surface area contributed by atoms with Crippen LogP contribution < -0.4 is 0 Å². The smallest absolute Gasteiger partial charge is 0.164 e. The van der Waals surface area contributed by atoms with Gasteiger partial charge in [-0.25, -0.2) is 15.0 Å². The van der Waals surface area contributed by atoms with Gasteiger partial charge in [0.1, 0.15) is 11.2 Å². The van der Waals surface area contributed by atoms with Gasteiger partial charge in [0.15, 0.2) is 17.5 Å². The molecule has 236 valence electrons. The zero-order valence-electron chi connectivity index (χ0n) is 27.4. The highest BCUT2D eigenvalue weighted by Gasteiger charge is 2.17. The van der Waals surface area contributed by atoms with E-state index in [0.717, 1.165) is 60.9 Å². The number of hydrogen-bond acceptors (Lipinski definition) is 4. The third-order valence-corrected chi connectivity index (χ3v) is 9.20. The standard InChI is InChI=1S/C46H31N3O/c1-30-11-8-16-35(27-30)31-21-23-32(24-22-31)36-17-9-18-37(28-36)45-47-44(34-14-6-3-7-15-34)48-46(49-45)38-25-26-40-42(29-38)50-41-20-10-19-39(43(40)41)33-12-4-2-5-13-33/h2-29H,1H3. The van der Waals surface area contributed by atoms with Crippen LogP contribution in [0.4, 0.5) is 0 Å². The summed E-state index contributed by atoms with van der Waals surface area (Å²) in [6.45, 7) is 2.12. The highest BCUT2D eigenvalue weighted by Crippen LogP contribution is 2.38. The van der Waals surface area contributed by atoms with E-state index in [1.54, 1.807) is 0 Å². The number of hydrogen-bond donors (Lipinski definition) is 0. The van der Waals surface area contributed by atoms with E-state index >= 15 is 0 Å². The average molecular weight is 642 g/mol. The van der Waals surface area contributed by atoms with Gasteiger partial charge in [-0.2, -0.15) is 0 Å². The van der Waals surface area contributed by atoms with E-state index in [2.05, 4.69) is 122 Å². The molecule has 0 fully saturated rings. The fourth-order valence-electron chi connectivity index (χ4n) is 6.69. The molecule has 2 heterocycles. The molecule has 0 amide bonds. The molecule has 50 heavy (non-hydrogen) atoms. The van der Waals surface area contributed by atoms with Crippen LogP contribution in [0, 0.1) is 6.92 Å². The fraction of sp³-hybridized carbons (Fsp3) is 0.0217. The minimum absolute atomic E-state index is 0.590. The van der Waals surface area contributed by atoms with Crippen LogP contribution in [0.15, 0.2) is 174 Å². The summed E-state index contributed by atoms with van der Waals surface area (Å²) in [5.41, 5.74) is 12.5. The number of nitrogens with zero attached hydrogens (tertiary/aromatic N) is 3. The van der Waals surface area contributed by atoms with Crippen molar-refractivity contribution in [3.05, 3.63) is 175 Å². The molecule has 0 saturated carbocycles. The van der Waals surface area contributed by atoms with Crippen molar-refractivity contribution in [2.45, 2.75) is 6.92 Å². The zero-order chi connectivity index (χ0) is 33.4. The lowest BCUT2D eigenvalue weighted by atomic mass is 9.98. The fourth-order valence-corrected chi connectivity index (χ4v) is 6.69. The molecule has 0 unspecified atom stereocenters. The molecule has 0 radical (unpaired) electrons. The molecular weight excluding hydrogens is 611 g/mol. The average Bonchev–Trinajstić information content (AvgIpc) is 3.57. The van der Waals surface area contributed by atoms with Crippen LogP contribution in [0.2, 0.25) is 0 Å². The van der Waals surface area contributed by atoms with Crippen LogP contribution in [0.5, 0.6) is 0 Å². The Labute approximate surface area is 290 Å². The van der Waals surface area contributed by atoms with Crippen LogP contribution in [0.1, 0.15) is 5.56 Å². The van der Waals surface area contributed by atoms with Crippen LogP contribution in [0.25, 0.3) is 89.5 Å². The maximum Gasteiger partial charge on any atom is 0.164 e. The Hall–Kier alpha value is -6.65. The van der Waals surface area contributed by atoms with Crippen molar-refractivity contribution >= 4 is 21.9 Å². The largest absolute Gasteiger partial charge is 0.456 e. The van der Waals surface area contributed by atoms with Crippen molar-refractivity contribution in [1.82, 2.24) is 15.0 Å². The van der Waals surface area contributed by atoms with Gasteiger partial charge in [0.25, 0.3) is 0 Å². The summed E-state index contributed by atoms with van der Waals surface area (Å²) >= 11 is 0. The first-order valence-corrected chi connectivity index (χ1v) is 16.8. The lowest BCUT2D eigenvalue weighted by molar-refractivity contribution is 0.669. The maximum absolute atomic E-state index is 6.44. The van der Waals surface area contributed by atoms with Crippen molar-refractivity contribution in [1.29, 1.82) is 0 Å². The van der Waals surface area contributed by atoms with Crippen molar-refractivity contribution in [3.8, 4) is 67.5 Å². The molecule has 0 atom stereocenters. The molecular formula is C46H31N3O. The SMILES string of the molecule is Cc1cccc(-c2ccc(-c3cccc(-c4nc(-c5ccccc5)nc(-c5ccc6c(c5)oc5cccc(-c7ccccc7)c56)n4)c3)cc2)c1. The highest BCUT2D eigenvalue weighted by atomic mass is 16.3. The number of rotatable bonds is 6. The molecule has 9 aromatic rings.